The Morgan fingerprint density at radius 3 is 2.81 bits per heavy atom. The van der Waals surface area contributed by atoms with Crippen molar-refractivity contribution in [3.8, 4) is 11.5 Å². The highest BCUT2D eigenvalue weighted by Gasteiger charge is 2.22. The van der Waals surface area contributed by atoms with Gasteiger partial charge in [0.05, 0.1) is 42.7 Å². The van der Waals surface area contributed by atoms with Crippen molar-refractivity contribution >= 4 is 28.9 Å². The molecule has 1 atom stereocenters. The number of nitrogen functional groups attached to an aromatic ring is 2. The number of carbonyl (C=O) groups is 1. The van der Waals surface area contributed by atoms with Gasteiger partial charge in [-0.3, -0.25) is 9.69 Å². The van der Waals surface area contributed by atoms with Crippen LogP contribution >= 0.6 is 11.6 Å². The monoisotopic (exact) mass is 448 g/mol. The third-order valence-electron chi connectivity index (χ3n) is 5.04. The van der Waals surface area contributed by atoms with Crippen molar-refractivity contribution in [2.24, 2.45) is 0 Å². The molecule has 1 heterocycles. The summed E-state index contributed by atoms with van der Waals surface area (Å²) in [5, 5.41) is 3.21. The summed E-state index contributed by atoms with van der Waals surface area (Å²) in [6.07, 6.45) is 0.802. The Bertz CT molecular complexity index is 879. The van der Waals surface area contributed by atoms with Crippen molar-refractivity contribution < 1.29 is 19.0 Å². The number of ether oxygens (including phenoxy) is 3. The number of halogens is 1. The topological polar surface area (TPSA) is 112 Å². The van der Waals surface area contributed by atoms with Gasteiger partial charge in [-0.15, -0.1) is 0 Å². The van der Waals surface area contributed by atoms with Gasteiger partial charge in [-0.2, -0.15) is 0 Å². The summed E-state index contributed by atoms with van der Waals surface area (Å²) in [5.41, 5.74) is 12.9. The molecular weight excluding hydrogens is 420 g/mol. The number of carbonyl (C=O) groups excluding carboxylic acids is 1. The van der Waals surface area contributed by atoms with Crippen LogP contribution in [0.3, 0.4) is 0 Å². The second-order valence-electron chi connectivity index (χ2n) is 7.35. The number of morpholine rings is 1. The van der Waals surface area contributed by atoms with E-state index in [-0.39, 0.29) is 12.0 Å². The normalized spacial score (nSPS) is 16.6. The first-order chi connectivity index (χ1) is 15.0. The molecule has 1 aliphatic heterocycles. The Kier molecular flexibility index (Phi) is 8.22. The van der Waals surface area contributed by atoms with Gasteiger partial charge in [0.15, 0.2) is 0 Å². The summed E-state index contributed by atoms with van der Waals surface area (Å²) in [5.74, 6) is 0.915. The highest BCUT2D eigenvalue weighted by Crippen LogP contribution is 2.28. The van der Waals surface area contributed by atoms with Gasteiger partial charge in [0, 0.05) is 37.9 Å². The van der Waals surface area contributed by atoms with E-state index in [2.05, 4.69) is 10.2 Å². The molecule has 1 aliphatic rings. The number of nitrogens with one attached hydrogen (secondary N) is 1. The van der Waals surface area contributed by atoms with Crippen LogP contribution in [-0.2, 0) is 4.74 Å². The molecule has 9 heteroatoms. The second-order valence-corrected chi connectivity index (χ2v) is 7.76. The molecule has 168 valence electrons. The van der Waals surface area contributed by atoms with Gasteiger partial charge in [0.1, 0.15) is 11.5 Å². The maximum absolute atomic E-state index is 12.6. The zero-order valence-corrected chi connectivity index (χ0v) is 18.4. The molecule has 0 saturated carbocycles. The number of amides is 1. The van der Waals surface area contributed by atoms with Crippen molar-refractivity contribution in [2.45, 2.75) is 12.5 Å². The van der Waals surface area contributed by atoms with Gasteiger partial charge in [-0.25, -0.2) is 0 Å². The summed E-state index contributed by atoms with van der Waals surface area (Å²) in [6, 6.07) is 10.4. The van der Waals surface area contributed by atoms with E-state index in [0.29, 0.717) is 41.8 Å². The van der Waals surface area contributed by atoms with Gasteiger partial charge < -0.3 is 31.0 Å². The van der Waals surface area contributed by atoms with Crippen LogP contribution in [0.5, 0.6) is 11.5 Å². The molecule has 0 spiro atoms. The van der Waals surface area contributed by atoms with E-state index in [1.165, 1.54) is 13.2 Å². The van der Waals surface area contributed by atoms with E-state index in [4.69, 9.17) is 37.3 Å². The van der Waals surface area contributed by atoms with Crippen LogP contribution < -0.4 is 26.3 Å². The minimum atomic E-state index is -0.281. The van der Waals surface area contributed by atoms with Crippen molar-refractivity contribution in [1.82, 2.24) is 10.2 Å². The smallest absolute Gasteiger partial charge is 0.255 e. The molecule has 0 aromatic heterocycles. The molecule has 1 amide bonds. The first kappa shape index (κ1) is 23.0. The summed E-state index contributed by atoms with van der Waals surface area (Å²) in [4.78, 5) is 14.9. The van der Waals surface area contributed by atoms with E-state index in [9.17, 15) is 4.79 Å². The lowest BCUT2D eigenvalue weighted by molar-refractivity contribution is -0.0274. The number of rotatable bonds is 9. The Labute approximate surface area is 187 Å². The van der Waals surface area contributed by atoms with Crippen molar-refractivity contribution in [3.63, 3.8) is 0 Å². The standard InChI is InChI=1S/C22H29ClN4O4/c1-29-21-12-20(25)19(23)11-18(21)22(28)26-13-17-14-27(8-10-31-17)7-2-9-30-16-5-3-15(24)4-6-16/h3-6,11-12,17H,2,7-10,13-14,24-25H2,1H3,(H,26,28). The molecular formula is C22H29ClN4O4. The van der Waals surface area contributed by atoms with E-state index < -0.39 is 0 Å². The molecule has 0 aliphatic carbocycles. The SMILES string of the molecule is COc1cc(N)c(Cl)cc1C(=O)NCC1CN(CCCOc2ccc(N)cc2)CCO1. The Morgan fingerprint density at radius 1 is 1.29 bits per heavy atom. The average molecular weight is 449 g/mol. The fraction of sp³-hybridized carbons (Fsp3) is 0.409. The Hall–Kier alpha value is -2.68. The molecule has 1 fully saturated rings. The first-order valence-corrected chi connectivity index (χ1v) is 10.6. The highest BCUT2D eigenvalue weighted by molar-refractivity contribution is 6.33. The predicted octanol–water partition coefficient (Wildman–Crippen LogP) is 2.41. The number of nitrogens with two attached hydrogens (primary N) is 2. The van der Waals surface area contributed by atoms with Gasteiger partial charge >= 0.3 is 0 Å². The third-order valence-corrected chi connectivity index (χ3v) is 5.37. The minimum Gasteiger partial charge on any atom is -0.496 e. The molecule has 1 saturated heterocycles. The number of nitrogens with zero attached hydrogens (tertiary/aromatic N) is 1. The number of benzene rings is 2. The molecule has 0 bridgehead atoms. The second kappa shape index (κ2) is 11.1. The lowest BCUT2D eigenvalue weighted by atomic mass is 10.1. The van der Waals surface area contributed by atoms with E-state index in [0.717, 1.165) is 37.5 Å². The number of anilines is 2. The van der Waals surface area contributed by atoms with Crippen LogP contribution in [0.15, 0.2) is 36.4 Å². The van der Waals surface area contributed by atoms with Gasteiger partial charge in [0.25, 0.3) is 5.91 Å². The van der Waals surface area contributed by atoms with Gasteiger partial charge in [-0.1, -0.05) is 11.6 Å². The summed E-state index contributed by atoms with van der Waals surface area (Å²) < 4.78 is 16.8. The predicted molar refractivity (Wildman–Crippen MR) is 122 cm³/mol. The first-order valence-electron chi connectivity index (χ1n) is 10.2. The summed E-state index contributed by atoms with van der Waals surface area (Å²) in [7, 11) is 1.48. The van der Waals surface area contributed by atoms with Crippen molar-refractivity contribution in [2.75, 3.05) is 58.0 Å². The van der Waals surface area contributed by atoms with Crippen LogP contribution in [0.25, 0.3) is 0 Å². The van der Waals surface area contributed by atoms with Crippen LogP contribution in [-0.4, -0.2) is 63.4 Å². The number of hydrogen-bond acceptors (Lipinski definition) is 7. The van der Waals surface area contributed by atoms with Crippen LogP contribution in [0, 0.1) is 0 Å². The lowest BCUT2D eigenvalue weighted by Gasteiger charge is -2.33. The Balaban J connectivity index is 1.42. The van der Waals surface area contributed by atoms with Gasteiger partial charge in [-0.05, 0) is 36.8 Å². The molecule has 1 unspecified atom stereocenters. The maximum atomic E-state index is 12.6. The molecule has 0 radical (unpaired) electrons. The summed E-state index contributed by atoms with van der Waals surface area (Å²) >= 11 is 6.05. The fourth-order valence-corrected chi connectivity index (χ4v) is 3.53. The van der Waals surface area contributed by atoms with Crippen molar-refractivity contribution in [1.29, 1.82) is 0 Å². The van der Waals surface area contributed by atoms with E-state index >= 15 is 0 Å². The molecule has 2 aromatic rings. The molecule has 8 nitrogen and oxygen atoms in total. The van der Waals surface area contributed by atoms with Crippen LogP contribution in [0.1, 0.15) is 16.8 Å². The number of methoxy groups -OCH3 is 1. The number of hydrogen-bond donors (Lipinski definition) is 3. The Morgan fingerprint density at radius 2 is 2.06 bits per heavy atom. The molecule has 31 heavy (non-hydrogen) atoms. The maximum Gasteiger partial charge on any atom is 0.255 e. The molecule has 3 rings (SSSR count). The molecule has 2 aromatic carbocycles. The fourth-order valence-electron chi connectivity index (χ4n) is 3.37. The lowest BCUT2D eigenvalue weighted by Crippen LogP contribution is -2.47. The van der Waals surface area contributed by atoms with Crippen LogP contribution in [0.2, 0.25) is 5.02 Å². The van der Waals surface area contributed by atoms with Crippen LogP contribution in [0.4, 0.5) is 11.4 Å². The quantitative estimate of drug-likeness (QED) is 0.399. The highest BCUT2D eigenvalue weighted by atomic mass is 35.5. The zero-order valence-electron chi connectivity index (χ0n) is 17.6. The summed E-state index contributed by atoms with van der Waals surface area (Å²) in [6.45, 7) is 4.12. The van der Waals surface area contributed by atoms with Crippen molar-refractivity contribution in [3.05, 3.63) is 47.0 Å². The minimum absolute atomic E-state index is 0.0917. The van der Waals surface area contributed by atoms with E-state index in [1.807, 2.05) is 24.3 Å². The average Bonchev–Trinajstić information content (AvgIpc) is 2.78. The van der Waals surface area contributed by atoms with E-state index in [1.54, 1.807) is 6.07 Å². The third kappa shape index (κ3) is 6.65. The largest absolute Gasteiger partial charge is 0.496 e. The molecule has 5 N–H and O–H groups in total. The van der Waals surface area contributed by atoms with Gasteiger partial charge in [0.2, 0.25) is 0 Å². The zero-order chi connectivity index (χ0) is 22.2.